The minimum absolute atomic E-state index is 0.771. The topological polar surface area (TPSA) is 42.7 Å². The number of nitrogens with one attached hydrogen (secondary N) is 1. The predicted molar refractivity (Wildman–Crippen MR) is 57.3 cm³/mol. The Kier molecular flexibility index (Phi) is 2.78. The lowest BCUT2D eigenvalue weighted by atomic mass is 10.5. The summed E-state index contributed by atoms with van der Waals surface area (Å²) in [7, 11) is 0. The maximum absolute atomic E-state index is 4.19. The van der Waals surface area contributed by atoms with Crippen LogP contribution < -0.4 is 5.32 Å². The van der Waals surface area contributed by atoms with Crippen LogP contribution in [-0.4, -0.2) is 14.8 Å². The Hall–Kier alpha value is -1.36. The maximum Gasteiger partial charge on any atom is 0.112 e. The Labute approximate surface area is 86.6 Å². The van der Waals surface area contributed by atoms with Gasteiger partial charge in [-0.3, -0.25) is 4.68 Å². The van der Waals surface area contributed by atoms with Gasteiger partial charge < -0.3 is 5.32 Å². The highest BCUT2D eigenvalue weighted by molar-refractivity contribution is 7.09. The van der Waals surface area contributed by atoms with Crippen LogP contribution >= 0.6 is 11.3 Å². The fourth-order valence-corrected chi connectivity index (χ4v) is 1.70. The molecule has 0 aromatic carbocycles. The Balaban J connectivity index is 1.92. The number of thiazole rings is 1. The molecule has 0 aliphatic heterocycles. The fraction of sp³-hybridized carbons (Fsp3) is 0.333. The zero-order valence-electron chi connectivity index (χ0n) is 7.97. The lowest BCUT2D eigenvalue weighted by Gasteiger charge is -1.98. The molecule has 2 heterocycles. The fourth-order valence-electron chi connectivity index (χ4n) is 1.15. The van der Waals surface area contributed by atoms with E-state index in [1.165, 1.54) is 0 Å². The van der Waals surface area contributed by atoms with Crippen LogP contribution in [0.4, 0.5) is 5.69 Å². The van der Waals surface area contributed by atoms with Crippen molar-refractivity contribution in [3.8, 4) is 0 Å². The van der Waals surface area contributed by atoms with Gasteiger partial charge in [0.2, 0.25) is 0 Å². The summed E-state index contributed by atoms with van der Waals surface area (Å²) in [5, 5.41) is 10.5. The molecule has 0 unspecified atom stereocenters. The second-order valence-corrected chi connectivity index (χ2v) is 3.84. The van der Waals surface area contributed by atoms with Crippen molar-refractivity contribution in [2.45, 2.75) is 20.0 Å². The van der Waals surface area contributed by atoms with E-state index in [0.29, 0.717) is 0 Å². The average Bonchev–Trinajstić information content (AvgIpc) is 2.86. The molecule has 74 valence electrons. The third-order valence-electron chi connectivity index (χ3n) is 1.88. The Bertz CT molecular complexity index is 379. The van der Waals surface area contributed by atoms with Crippen LogP contribution in [0.25, 0.3) is 0 Å². The van der Waals surface area contributed by atoms with E-state index in [-0.39, 0.29) is 0 Å². The van der Waals surface area contributed by atoms with Gasteiger partial charge in [-0.05, 0) is 6.92 Å². The molecule has 0 atom stereocenters. The molecule has 4 nitrogen and oxygen atoms in total. The normalized spacial score (nSPS) is 10.4. The van der Waals surface area contributed by atoms with E-state index >= 15 is 0 Å². The predicted octanol–water partition coefficient (Wildman–Crippen LogP) is 1.97. The van der Waals surface area contributed by atoms with Crippen molar-refractivity contribution in [3.05, 3.63) is 29.0 Å². The molecule has 0 aliphatic carbocycles. The first kappa shape index (κ1) is 9.21. The van der Waals surface area contributed by atoms with E-state index in [4.69, 9.17) is 0 Å². The second-order valence-electron chi connectivity index (χ2n) is 2.86. The van der Waals surface area contributed by atoms with Gasteiger partial charge in [-0.15, -0.1) is 11.3 Å². The molecule has 0 radical (unpaired) electrons. The third kappa shape index (κ3) is 2.11. The molecule has 14 heavy (non-hydrogen) atoms. The van der Waals surface area contributed by atoms with E-state index < -0.39 is 0 Å². The molecule has 2 rings (SSSR count). The summed E-state index contributed by atoms with van der Waals surface area (Å²) >= 11 is 1.65. The molecule has 0 saturated heterocycles. The van der Waals surface area contributed by atoms with Gasteiger partial charge in [-0.1, -0.05) is 0 Å². The monoisotopic (exact) mass is 208 g/mol. The highest BCUT2D eigenvalue weighted by Gasteiger charge is 1.98. The molecule has 0 saturated carbocycles. The standard InChI is InChI=1S/C9H12N4S/c1-2-13-7-8(5-12-13)11-6-9-10-3-4-14-9/h3-5,7,11H,2,6H2,1H3. The molecule has 2 aromatic heterocycles. The zero-order valence-corrected chi connectivity index (χ0v) is 8.79. The third-order valence-corrected chi connectivity index (χ3v) is 2.66. The summed E-state index contributed by atoms with van der Waals surface area (Å²) < 4.78 is 1.89. The van der Waals surface area contributed by atoms with Crippen LogP contribution in [-0.2, 0) is 13.1 Å². The number of hydrogen-bond donors (Lipinski definition) is 1. The van der Waals surface area contributed by atoms with Crippen molar-refractivity contribution >= 4 is 17.0 Å². The van der Waals surface area contributed by atoms with E-state index in [9.17, 15) is 0 Å². The number of anilines is 1. The van der Waals surface area contributed by atoms with Gasteiger partial charge in [-0.25, -0.2) is 4.98 Å². The van der Waals surface area contributed by atoms with Crippen molar-refractivity contribution in [2.75, 3.05) is 5.32 Å². The summed E-state index contributed by atoms with van der Waals surface area (Å²) in [4.78, 5) is 4.19. The SMILES string of the molecule is CCn1cc(NCc2nccs2)cn1. The Morgan fingerprint density at radius 3 is 3.14 bits per heavy atom. The zero-order chi connectivity index (χ0) is 9.80. The molecule has 2 aromatic rings. The summed E-state index contributed by atoms with van der Waals surface area (Å²) in [6.07, 6.45) is 5.64. The van der Waals surface area contributed by atoms with E-state index in [1.807, 2.05) is 28.7 Å². The van der Waals surface area contributed by atoms with Crippen molar-refractivity contribution in [3.63, 3.8) is 0 Å². The van der Waals surface area contributed by atoms with E-state index in [0.717, 1.165) is 23.8 Å². The Morgan fingerprint density at radius 1 is 1.57 bits per heavy atom. The molecule has 1 N–H and O–H groups in total. The van der Waals surface area contributed by atoms with Gasteiger partial charge in [0.25, 0.3) is 0 Å². The second kappa shape index (κ2) is 4.23. The lowest BCUT2D eigenvalue weighted by Crippen LogP contribution is -1.97. The van der Waals surface area contributed by atoms with Crippen molar-refractivity contribution in [1.29, 1.82) is 0 Å². The highest BCUT2D eigenvalue weighted by atomic mass is 32.1. The number of aryl methyl sites for hydroxylation is 1. The van der Waals surface area contributed by atoms with Crippen LogP contribution in [0.15, 0.2) is 24.0 Å². The molecular weight excluding hydrogens is 196 g/mol. The molecule has 0 spiro atoms. The van der Waals surface area contributed by atoms with Crippen LogP contribution in [0.2, 0.25) is 0 Å². The smallest absolute Gasteiger partial charge is 0.112 e. The number of aromatic nitrogens is 3. The summed E-state index contributed by atoms with van der Waals surface area (Å²) in [6.45, 7) is 3.74. The van der Waals surface area contributed by atoms with Crippen molar-refractivity contribution in [2.24, 2.45) is 0 Å². The van der Waals surface area contributed by atoms with Crippen LogP contribution in [0.1, 0.15) is 11.9 Å². The first-order chi connectivity index (χ1) is 6.88. The van der Waals surface area contributed by atoms with E-state index in [2.05, 4.69) is 22.3 Å². The maximum atomic E-state index is 4.19. The van der Waals surface area contributed by atoms with Gasteiger partial charge in [0.15, 0.2) is 0 Å². The first-order valence-electron chi connectivity index (χ1n) is 4.53. The van der Waals surface area contributed by atoms with Crippen LogP contribution in [0.5, 0.6) is 0 Å². The molecule has 0 fully saturated rings. The molecule has 0 amide bonds. The van der Waals surface area contributed by atoms with E-state index in [1.54, 1.807) is 11.3 Å². The Morgan fingerprint density at radius 2 is 2.50 bits per heavy atom. The first-order valence-corrected chi connectivity index (χ1v) is 5.41. The van der Waals surface area contributed by atoms with Gasteiger partial charge in [0.1, 0.15) is 5.01 Å². The summed E-state index contributed by atoms with van der Waals surface area (Å²) in [5.41, 5.74) is 1.04. The van der Waals surface area contributed by atoms with Crippen molar-refractivity contribution < 1.29 is 0 Å². The summed E-state index contributed by atoms with van der Waals surface area (Å²) in [6, 6.07) is 0. The highest BCUT2D eigenvalue weighted by Crippen LogP contribution is 2.09. The number of nitrogens with zero attached hydrogens (tertiary/aromatic N) is 3. The molecule has 0 aliphatic rings. The van der Waals surface area contributed by atoms with Gasteiger partial charge in [0, 0.05) is 24.3 Å². The van der Waals surface area contributed by atoms with Crippen LogP contribution in [0, 0.1) is 0 Å². The number of hydrogen-bond acceptors (Lipinski definition) is 4. The quantitative estimate of drug-likeness (QED) is 0.835. The largest absolute Gasteiger partial charge is 0.376 e. The minimum atomic E-state index is 0.771. The molecular formula is C9H12N4S. The van der Waals surface area contributed by atoms with Crippen LogP contribution in [0.3, 0.4) is 0 Å². The average molecular weight is 208 g/mol. The molecule has 0 bridgehead atoms. The summed E-state index contributed by atoms with van der Waals surface area (Å²) in [5.74, 6) is 0. The molecule has 5 heteroatoms. The van der Waals surface area contributed by atoms with Gasteiger partial charge >= 0.3 is 0 Å². The number of rotatable bonds is 4. The van der Waals surface area contributed by atoms with Gasteiger partial charge in [-0.2, -0.15) is 5.10 Å². The van der Waals surface area contributed by atoms with Crippen molar-refractivity contribution in [1.82, 2.24) is 14.8 Å². The minimum Gasteiger partial charge on any atom is -0.376 e. The van der Waals surface area contributed by atoms with Gasteiger partial charge in [0.05, 0.1) is 18.4 Å². The lowest BCUT2D eigenvalue weighted by molar-refractivity contribution is 0.660.